The molecule has 10 rings (SSSR count). The minimum Gasteiger partial charge on any atom is -0.231 e. The molecule has 10 aromatic rings. The van der Waals surface area contributed by atoms with Crippen LogP contribution in [0, 0.1) is 0 Å². The molecule has 0 saturated carbocycles. The number of nitrogens with zero attached hydrogens (tertiary/aromatic N) is 4. The smallest absolute Gasteiger partial charge is 0.160 e. The second kappa shape index (κ2) is 13.8. The third kappa shape index (κ3) is 6.06. The molecular weight excluding hydrogens is 669 g/mol. The molecule has 4 nitrogen and oxygen atoms in total. The van der Waals surface area contributed by atoms with Gasteiger partial charge in [0.25, 0.3) is 0 Å². The minimum absolute atomic E-state index is 0.695. The molecule has 0 N–H and O–H groups in total. The Labute approximate surface area is 319 Å². The lowest BCUT2D eigenvalue weighted by molar-refractivity contribution is 0.979. The lowest BCUT2D eigenvalue weighted by Gasteiger charge is -2.13. The van der Waals surface area contributed by atoms with E-state index in [1.54, 1.807) is 0 Å². The van der Waals surface area contributed by atoms with Gasteiger partial charge in [-0.15, -0.1) is 0 Å². The van der Waals surface area contributed by atoms with Crippen LogP contribution in [-0.2, 0) is 0 Å². The summed E-state index contributed by atoms with van der Waals surface area (Å²) >= 11 is 0. The summed E-state index contributed by atoms with van der Waals surface area (Å²) in [5, 5.41) is 7.69. The Kier molecular flexibility index (Phi) is 8.12. The number of benzene rings is 7. The van der Waals surface area contributed by atoms with E-state index in [2.05, 4.69) is 174 Å². The van der Waals surface area contributed by atoms with Crippen molar-refractivity contribution in [1.82, 2.24) is 19.6 Å². The van der Waals surface area contributed by atoms with Crippen LogP contribution in [0.1, 0.15) is 0 Å². The molecular formula is C51H34N4. The third-order valence-corrected chi connectivity index (χ3v) is 10.2. The van der Waals surface area contributed by atoms with E-state index in [0.29, 0.717) is 5.82 Å². The van der Waals surface area contributed by atoms with E-state index in [0.717, 1.165) is 89.1 Å². The predicted octanol–water partition coefficient (Wildman–Crippen LogP) is 12.9. The molecule has 0 atom stereocenters. The highest BCUT2D eigenvalue weighted by atomic mass is 15.2. The first-order valence-corrected chi connectivity index (χ1v) is 18.5. The first-order valence-electron chi connectivity index (χ1n) is 18.5. The molecule has 258 valence electrons. The molecule has 0 radical (unpaired) electrons. The highest BCUT2D eigenvalue weighted by molar-refractivity contribution is 6.09. The number of fused-ring (bicyclic) bond motifs is 3. The zero-order chi connectivity index (χ0) is 36.6. The van der Waals surface area contributed by atoms with Crippen molar-refractivity contribution in [2.75, 3.05) is 0 Å². The molecule has 0 fully saturated rings. The van der Waals surface area contributed by atoms with Crippen LogP contribution in [0.4, 0.5) is 0 Å². The van der Waals surface area contributed by atoms with Crippen LogP contribution in [-0.4, -0.2) is 19.6 Å². The molecule has 0 aliphatic heterocycles. The Balaban J connectivity index is 1.14. The topological polar surface area (TPSA) is 43.1 Å². The van der Waals surface area contributed by atoms with E-state index in [-0.39, 0.29) is 0 Å². The number of hydrogen-bond acceptors (Lipinski definition) is 3. The van der Waals surface area contributed by atoms with Crippen molar-refractivity contribution < 1.29 is 0 Å². The van der Waals surface area contributed by atoms with Gasteiger partial charge in [-0.2, -0.15) is 5.10 Å². The van der Waals surface area contributed by atoms with Crippen molar-refractivity contribution in [3.63, 3.8) is 0 Å². The Morgan fingerprint density at radius 1 is 0.345 bits per heavy atom. The average molecular weight is 703 g/mol. The van der Waals surface area contributed by atoms with Crippen molar-refractivity contribution in [3.05, 3.63) is 206 Å². The number of hydrogen-bond donors (Lipinski definition) is 0. The van der Waals surface area contributed by atoms with E-state index in [9.17, 15) is 0 Å². The number of pyridine rings is 1. The number of rotatable bonds is 7. The van der Waals surface area contributed by atoms with Gasteiger partial charge in [-0.25, -0.2) is 14.5 Å². The molecule has 0 bridgehead atoms. The average Bonchev–Trinajstić information content (AvgIpc) is 3.69. The van der Waals surface area contributed by atoms with Crippen LogP contribution < -0.4 is 0 Å². The fraction of sp³-hybridized carbons (Fsp3) is 0. The van der Waals surface area contributed by atoms with E-state index < -0.39 is 0 Å². The van der Waals surface area contributed by atoms with Gasteiger partial charge in [0.15, 0.2) is 5.82 Å². The molecule has 0 aliphatic carbocycles. The zero-order valence-electron chi connectivity index (χ0n) is 29.9. The van der Waals surface area contributed by atoms with E-state index in [4.69, 9.17) is 15.1 Å². The van der Waals surface area contributed by atoms with Crippen LogP contribution in [0.25, 0.3) is 95.0 Å². The largest absolute Gasteiger partial charge is 0.231 e. The fourth-order valence-corrected chi connectivity index (χ4v) is 7.51. The van der Waals surface area contributed by atoms with Crippen LogP contribution in [0.3, 0.4) is 0 Å². The molecule has 0 spiro atoms. The van der Waals surface area contributed by atoms with E-state index >= 15 is 0 Å². The Morgan fingerprint density at radius 2 is 0.818 bits per heavy atom. The van der Waals surface area contributed by atoms with Crippen LogP contribution in [0.5, 0.6) is 0 Å². The minimum atomic E-state index is 0.695. The van der Waals surface area contributed by atoms with Crippen molar-refractivity contribution in [2.24, 2.45) is 0 Å². The first kappa shape index (κ1) is 32.2. The summed E-state index contributed by atoms with van der Waals surface area (Å²) in [6.07, 6.45) is 0. The normalized spacial score (nSPS) is 11.3. The fourth-order valence-electron chi connectivity index (χ4n) is 7.51. The monoisotopic (exact) mass is 702 g/mol. The zero-order valence-corrected chi connectivity index (χ0v) is 29.9. The summed E-state index contributed by atoms with van der Waals surface area (Å²) in [6, 6.07) is 72.1. The standard InChI is InChI=1S/C51H34N4/c1-6-16-36(17-7-1)45-34-46(37-18-8-2-9-19-37)53-51(52-45)41-28-26-35(27-29-41)42-30-31-43-33-47(38-20-10-3-11-21-38)55-50(44(43)32-42)48(39-22-12-4-13-23-39)49(54-55)40-24-14-5-15-25-40/h1-34H. The van der Waals surface area contributed by atoms with Crippen LogP contribution >= 0.6 is 0 Å². The summed E-state index contributed by atoms with van der Waals surface area (Å²) < 4.78 is 2.15. The highest BCUT2D eigenvalue weighted by Gasteiger charge is 2.22. The predicted molar refractivity (Wildman–Crippen MR) is 226 cm³/mol. The maximum absolute atomic E-state index is 5.39. The van der Waals surface area contributed by atoms with Crippen LogP contribution in [0.2, 0.25) is 0 Å². The summed E-state index contributed by atoms with van der Waals surface area (Å²) in [5.41, 5.74) is 14.6. The Bertz CT molecular complexity index is 2870. The highest BCUT2D eigenvalue weighted by Crippen LogP contribution is 2.42. The first-order chi connectivity index (χ1) is 27.3. The molecule has 0 saturated heterocycles. The van der Waals surface area contributed by atoms with E-state index in [1.165, 1.54) is 0 Å². The maximum atomic E-state index is 5.39. The van der Waals surface area contributed by atoms with Gasteiger partial charge in [-0.05, 0) is 40.3 Å². The molecule has 3 aromatic heterocycles. The van der Waals surface area contributed by atoms with Gasteiger partial charge in [0, 0.05) is 38.8 Å². The van der Waals surface area contributed by atoms with Crippen LogP contribution in [0.15, 0.2) is 206 Å². The van der Waals surface area contributed by atoms with Gasteiger partial charge < -0.3 is 0 Å². The molecule has 3 heterocycles. The van der Waals surface area contributed by atoms with Gasteiger partial charge in [-0.3, -0.25) is 0 Å². The summed E-state index contributed by atoms with van der Waals surface area (Å²) in [7, 11) is 0. The molecule has 55 heavy (non-hydrogen) atoms. The van der Waals surface area contributed by atoms with Crippen molar-refractivity contribution >= 4 is 16.3 Å². The second-order valence-electron chi connectivity index (χ2n) is 13.7. The third-order valence-electron chi connectivity index (χ3n) is 10.2. The van der Waals surface area contributed by atoms with Gasteiger partial charge in [0.2, 0.25) is 0 Å². The second-order valence-corrected chi connectivity index (χ2v) is 13.7. The Morgan fingerprint density at radius 3 is 1.38 bits per heavy atom. The SMILES string of the molecule is c1ccc(-c2cc(-c3ccccc3)nc(-c3ccc(-c4ccc5cc(-c6ccccc6)n6nc(-c7ccccc7)c(-c7ccccc7)c6c5c4)cc3)n2)cc1. The van der Waals surface area contributed by atoms with Gasteiger partial charge in [-0.1, -0.05) is 188 Å². The van der Waals surface area contributed by atoms with Crippen molar-refractivity contribution in [1.29, 1.82) is 0 Å². The molecule has 7 aromatic carbocycles. The van der Waals surface area contributed by atoms with Crippen molar-refractivity contribution in [3.8, 4) is 78.7 Å². The summed E-state index contributed by atoms with van der Waals surface area (Å²) in [6.45, 7) is 0. The number of aromatic nitrogens is 4. The molecule has 0 unspecified atom stereocenters. The lowest BCUT2D eigenvalue weighted by Crippen LogP contribution is -1.96. The van der Waals surface area contributed by atoms with Gasteiger partial charge >= 0.3 is 0 Å². The lowest BCUT2D eigenvalue weighted by atomic mass is 9.95. The quantitative estimate of drug-likeness (QED) is 0.166. The van der Waals surface area contributed by atoms with Crippen molar-refractivity contribution in [2.45, 2.75) is 0 Å². The van der Waals surface area contributed by atoms with E-state index in [1.807, 2.05) is 36.4 Å². The summed E-state index contributed by atoms with van der Waals surface area (Å²) in [4.78, 5) is 10.1. The molecule has 4 heteroatoms. The van der Waals surface area contributed by atoms with Gasteiger partial charge in [0.05, 0.1) is 22.6 Å². The summed E-state index contributed by atoms with van der Waals surface area (Å²) in [5.74, 6) is 0.695. The molecule has 0 aliphatic rings. The van der Waals surface area contributed by atoms with Gasteiger partial charge in [0.1, 0.15) is 5.69 Å². The molecule has 0 amide bonds. The maximum Gasteiger partial charge on any atom is 0.160 e. The Hall–Kier alpha value is -7.43.